The fourth-order valence-corrected chi connectivity index (χ4v) is 2.98. The Bertz CT molecular complexity index is 671. The minimum atomic E-state index is -0.296. The van der Waals surface area contributed by atoms with Crippen molar-refractivity contribution in [1.29, 1.82) is 0 Å². The maximum absolute atomic E-state index is 11.6. The Kier molecular flexibility index (Phi) is 3.42. The summed E-state index contributed by atoms with van der Waals surface area (Å²) in [6, 6.07) is 6.51. The Morgan fingerprint density at radius 2 is 2.25 bits per heavy atom. The molecular formula is C16H22N2O2. The van der Waals surface area contributed by atoms with Crippen molar-refractivity contribution in [3.8, 4) is 0 Å². The summed E-state index contributed by atoms with van der Waals surface area (Å²) in [5, 5.41) is 3.64. The highest BCUT2D eigenvalue weighted by Gasteiger charge is 2.39. The third-order valence-electron chi connectivity index (χ3n) is 4.39. The first kappa shape index (κ1) is 13.4. The smallest absolute Gasteiger partial charge is 0.408 e. The molecular weight excluding hydrogens is 252 g/mol. The number of nitrogens with zero attached hydrogens (tertiary/aromatic N) is 1. The van der Waals surface area contributed by atoms with Crippen LogP contribution in [0, 0.1) is 11.8 Å². The van der Waals surface area contributed by atoms with Crippen molar-refractivity contribution in [2.24, 2.45) is 18.9 Å². The predicted molar refractivity (Wildman–Crippen MR) is 79.8 cm³/mol. The average Bonchev–Trinajstić information content (AvgIpc) is 3.08. The highest BCUT2D eigenvalue weighted by atomic mass is 16.4. The zero-order valence-electron chi connectivity index (χ0n) is 12.3. The standard InChI is InChI=1S/C16H22N2O2/c1-4-7-17-15(12-8-10(12)2)11-5-6-13-14(9-11)20-16(19)18(13)3/h5-6,9-10,12,15,17H,4,7-8H2,1-3H3. The van der Waals surface area contributed by atoms with Gasteiger partial charge in [0.05, 0.1) is 5.52 Å². The third kappa shape index (κ3) is 2.29. The summed E-state index contributed by atoms with van der Waals surface area (Å²) < 4.78 is 6.85. The molecule has 108 valence electrons. The number of hydrogen-bond acceptors (Lipinski definition) is 3. The SMILES string of the molecule is CCCNC(c1ccc2c(c1)oc(=O)n2C)C1CC1C. The second-order valence-corrected chi connectivity index (χ2v) is 5.96. The van der Waals surface area contributed by atoms with Gasteiger partial charge in [-0.05, 0) is 48.9 Å². The first-order valence-electron chi connectivity index (χ1n) is 7.44. The summed E-state index contributed by atoms with van der Waals surface area (Å²) in [6.07, 6.45) is 2.40. The topological polar surface area (TPSA) is 47.2 Å². The van der Waals surface area contributed by atoms with E-state index in [0.717, 1.165) is 24.4 Å². The van der Waals surface area contributed by atoms with Crippen LogP contribution in [0.1, 0.15) is 38.3 Å². The van der Waals surface area contributed by atoms with Gasteiger partial charge < -0.3 is 9.73 Å². The van der Waals surface area contributed by atoms with Crippen molar-refractivity contribution < 1.29 is 4.42 Å². The van der Waals surface area contributed by atoms with Gasteiger partial charge in [-0.1, -0.05) is 19.9 Å². The van der Waals surface area contributed by atoms with Gasteiger partial charge >= 0.3 is 5.76 Å². The molecule has 20 heavy (non-hydrogen) atoms. The lowest BCUT2D eigenvalue weighted by Gasteiger charge is -2.19. The molecule has 3 rings (SSSR count). The maximum atomic E-state index is 11.6. The number of aryl methyl sites for hydroxylation is 1. The van der Waals surface area contributed by atoms with Crippen LogP contribution in [0.2, 0.25) is 0 Å². The minimum absolute atomic E-state index is 0.296. The Labute approximate surface area is 118 Å². The van der Waals surface area contributed by atoms with E-state index in [2.05, 4.69) is 25.2 Å². The second-order valence-electron chi connectivity index (χ2n) is 5.96. The van der Waals surface area contributed by atoms with Crippen molar-refractivity contribution in [2.45, 2.75) is 32.7 Å². The molecule has 0 spiro atoms. The average molecular weight is 274 g/mol. The Hall–Kier alpha value is -1.55. The molecule has 4 nitrogen and oxygen atoms in total. The normalized spacial score (nSPS) is 23.1. The Morgan fingerprint density at radius 3 is 2.90 bits per heavy atom. The summed E-state index contributed by atoms with van der Waals surface area (Å²) >= 11 is 0. The lowest BCUT2D eigenvalue weighted by atomic mass is 10.0. The third-order valence-corrected chi connectivity index (χ3v) is 4.39. The molecule has 1 saturated carbocycles. The van der Waals surface area contributed by atoms with Crippen LogP contribution in [-0.2, 0) is 7.05 Å². The van der Waals surface area contributed by atoms with Crippen LogP contribution < -0.4 is 11.1 Å². The molecule has 1 N–H and O–H groups in total. The molecule has 0 amide bonds. The first-order valence-corrected chi connectivity index (χ1v) is 7.44. The maximum Gasteiger partial charge on any atom is 0.419 e. The van der Waals surface area contributed by atoms with Crippen LogP contribution in [0.3, 0.4) is 0 Å². The summed E-state index contributed by atoms with van der Waals surface area (Å²) in [7, 11) is 1.74. The van der Waals surface area contributed by atoms with Gasteiger partial charge in [0, 0.05) is 13.1 Å². The van der Waals surface area contributed by atoms with E-state index in [1.807, 2.05) is 12.1 Å². The van der Waals surface area contributed by atoms with Crippen molar-refractivity contribution in [1.82, 2.24) is 9.88 Å². The minimum Gasteiger partial charge on any atom is -0.408 e. The van der Waals surface area contributed by atoms with Gasteiger partial charge in [0.2, 0.25) is 0 Å². The van der Waals surface area contributed by atoms with Crippen molar-refractivity contribution >= 4 is 11.1 Å². The molecule has 1 aromatic carbocycles. The van der Waals surface area contributed by atoms with Crippen LogP contribution in [0.5, 0.6) is 0 Å². The van der Waals surface area contributed by atoms with E-state index in [9.17, 15) is 4.79 Å². The van der Waals surface area contributed by atoms with Gasteiger partial charge in [-0.25, -0.2) is 4.79 Å². The number of hydrogen-bond donors (Lipinski definition) is 1. The van der Waals surface area contributed by atoms with E-state index in [-0.39, 0.29) is 5.76 Å². The number of benzene rings is 1. The molecule has 1 aliphatic carbocycles. The molecule has 0 aliphatic heterocycles. The van der Waals surface area contributed by atoms with E-state index in [1.54, 1.807) is 11.6 Å². The lowest BCUT2D eigenvalue weighted by Crippen LogP contribution is -2.24. The van der Waals surface area contributed by atoms with Gasteiger partial charge in [-0.3, -0.25) is 4.57 Å². The fourth-order valence-electron chi connectivity index (χ4n) is 2.98. The number of rotatable bonds is 5. The number of fused-ring (bicyclic) bond motifs is 1. The molecule has 4 heteroatoms. The largest absolute Gasteiger partial charge is 0.419 e. The molecule has 0 bridgehead atoms. The molecule has 1 heterocycles. The van der Waals surface area contributed by atoms with Crippen LogP contribution in [0.4, 0.5) is 0 Å². The van der Waals surface area contributed by atoms with Crippen molar-refractivity contribution in [3.63, 3.8) is 0 Å². The zero-order chi connectivity index (χ0) is 14.3. The summed E-state index contributed by atoms with van der Waals surface area (Å²) in [6.45, 7) is 5.50. The predicted octanol–water partition coefficient (Wildman–Crippen LogP) is 2.83. The second kappa shape index (κ2) is 5.09. The quantitative estimate of drug-likeness (QED) is 0.912. The number of aromatic nitrogens is 1. The van der Waals surface area contributed by atoms with Crippen LogP contribution in [0.25, 0.3) is 11.1 Å². The van der Waals surface area contributed by atoms with Crippen LogP contribution in [0.15, 0.2) is 27.4 Å². The van der Waals surface area contributed by atoms with Crippen molar-refractivity contribution in [3.05, 3.63) is 34.3 Å². The van der Waals surface area contributed by atoms with E-state index in [1.165, 1.54) is 12.0 Å². The van der Waals surface area contributed by atoms with Gasteiger partial charge in [0.25, 0.3) is 0 Å². The van der Waals surface area contributed by atoms with Gasteiger partial charge in [-0.2, -0.15) is 0 Å². The van der Waals surface area contributed by atoms with Crippen LogP contribution in [-0.4, -0.2) is 11.1 Å². The van der Waals surface area contributed by atoms with E-state index in [4.69, 9.17) is 4.42 Å². The molecule has 3 unspecified atom stereocenters. The number of oxazole rings is 1. The summed E-state index contributed by atoms with van der Waals surface area (Å²) in [5.41, 5.74) is 2.78. The molecule has 1 fully saturated rings. The van der Waals surface area contributed by atoms with Crippen molar-refractivity contribution in [2.75, 3.05) is 6.54 Å². The Morgan fingerprint density at radius 1 is 1.50 bits per heavy atom. The fraction of sp³-hybridized carbons (Fsp3) is 0.562. The first-order chi connectivity index (χ1) is 9.61. The molecule has 2 aromatic rings. The van der Waals surface area contributed by atoms with Gasteiger partial charge in [0.15, 0.2) is 5.58 Å². The Balaban J connectivity index is 1.96. The lowest BCUT2D eigenvalue weighted by molar-refractivity contribution is 0.462. The summed E-state index contributed by atoms with van der Waals surface area (Å²) in [4.78, 5) is 11.6. The summed E-state index contributed by atoms with van der Waals surface area (Å²) in [5.74, 6) is 1.19. The molecule has 0 saturated heterocycles. The van der Waals surface area contributed by atoms with Gasteiger partial charge in [-0.15, -0.1) is 0 Å². The molecule has 0 radical (unpaired) electrons. The van der Waals surface area contributed by atoms with Gasteiger partial charge in [0.1, 0.15) is 0 Å². The molecule has 1 aromatic heterocycles. The highest BCUT2D eigenvalue weighted by Crippen LogP contribution is 2.47. The highest BCUT2D eigenvalue weighted by molar-refractivity contribution is 5.73. The van der Waals surface area contributed by atoms with E-state index >= 15 is 0 Å². The van der Waals surface area contributed by atoms with Crippen LogP contribution >= 0.6 is 0 Å². The van der Waals surface area contributed by atoms with E-state index in [0.29, 0.717) is 17.5 Å². The molecule has 1 aliphatic rings. The van der Waals surface area contributed by atoms with E-state index < -0.39 is 0 Å². The number of nitrogens with one attached hydrogen (secondary N) is 1. The monoisotopic (exact) mass is 274 g/mol. The molecule has 3 atom stereocenters. The zero-order valence-corrected chi connectivity index (χ0v) is 12.3.